The van der Waals surface area contributed by atoms with Gasteiger partial charge in [0.1, 0.15) is 5.75 Å². The lowest BCUT2D eigenvalue weighted by atomic mass is 10.3. The van der Waals surface area contributed by atoms with Crippen LogP contribution in [0.25, 0.3) is 0 Å². The minimum atomic E-state index is -3.89. The summed E-state index contributed by atoms with van der Waals surface area (Å²) in [6.45, 7) is -0.263. The molecule has 17 heavy (non-hydrogen) atoms. The topological polar surface area (TPSA) is 102 Å². The Balaban J connectivity index is 2.72. The number of esters is 1. The smallest absolute Gasteiger partial charge is 0.343 e. The molecule has 0 aliphatic rings. The Labute approximate surface area is 98.0 Å². The summed E-state index contributed by atoms with van der Waals surface area (Å²) >= 11 is 0. The van der Waals surface area contributed by atoms with Crippen LogP contribution in [0, 0.1) is 0 Å². The number of sulfonamides is 1. The highest BCUT2D eigenvalue weighted by Gasteiger charge is 2.12. The van der Waals surface area contributed by atoms with Crippen LogP contribution in [0.1, 0.15) is 0 Å². The normalized spacial score (nSPS) is 10.9. The van der Waals surface area contributed by atoms with E-state index in [2.05, 4.69) is 4.74 Å². The van der Waals surface area contributed by atoms with Gasteiger partial charge in [0.25, 0.3) is 10.0 Å². The van der Waals surface area contributed by atoms with Gasteiger partial charge in [0.05, 0.1) is 12.0 Å². The Morgan fingerprint density at radius 3 is 2.41 bits per heavy atom. The molecule has 0 radical (unpaired) electrons. The molecule has 0 amide bonds. The summed E-state index contributed by atoms with van der Waals surface area (Å²) in [4.78, 5) is 11.8. The van der Waals surface area contributed by atoms with E-state index >= 15 is 0 Å². The minimum absolute atomic E-state index is 0.120. The van der Waals surface area contributed by atoms with Crippen LogP contribution < -0.4 is 9.62 Å². The molecule has 0 fully saturated rings. The van der Waals surface area contributed by atoms with Crippen molar-refractivity contribution in [3.63, 3.8) is 0 Å². The molecule has 0 bridgehead atoms. The Kier molecular flexibility index (Phi) is 4.44. The maximum Gasteiger partial charge on any atom is 0.343 e. The van der Waals surface area contributed by atoms with E-state index in [-0.39, 0.29) is 11.5 Å². The molecule has 0 saturated carbocycles. The quantitative estimate of drug-likeness (QED) is 0.567. The molecule has 0 aliphatic carbocycles. The fourth-order valence-electron chi connectivity index (χ4n) is 0.969. The van der Waals surface area contributed by atoms with Crippen molar-refractivity contribution in [2.75, 3.05) is 13.7 Å². The monoisotopic (exact) mass is 261 g/mol. The van der Waals surface area contributed by atoms with Gasteiger partial charge in [-0.2, -0.15) is 0 Å². The van der Waals surface area contributed by atoms with Crippen LogP contribution in [0.2, 0.25) is 0 Å². The molecular weight excluding hydrogens is 250 g/mol. The highest BCUT2D eigenvalue weighted by Crippen LogP contribution is 2.15. The van der Waals surface area contributed by atoms with Crippen molar-refractivity contribution < 1.29 is 27.9 Å². The third-order valence-corrected chi connectivity index (χ3v) is 2.97. The second-order valence-corrected chi connectivity index (χ2v) is 4.59. The highest BCUT2D eigenvalue weighted by molar-refractivity contribution is 7.89. The molecule has 7 nitrogen and oxygen atoms in total. The second-order valence-electron chi connectivity index (χ2n) is 2.93. The van der Waals surface area contributed by atoms with Crippen molar-refractivity contribution in [1.82, 2.24) is 4.89 Å². The fraction of sp³-hybridized carbons (Fsp3) is 0.222. The van der Waals surface area contributed by atoms with Gasteiger partial charge in [0, 0.05) is 0 Å². The zero-order valence-electron chi connectivity index (χ0n) is 8.91. The molecule has 2 N–H and O–H groups in total. The van der Waals surface area contributed by atoms with Gasteiger partial charge in [-0.1, -0.05) is 4.89 Å². The van der Waals surface area contributed by atoms with Crippen molar-refractivity contribution in [3.05, 3.63) is 24.3 Å². The summed E-state index contributed by atoms with van der Waals surface area (Å²) in [6.07, 6.45) is 0. The lowest BCUT2D eigenvalue weighted by Crippen LogP contribution is -2.19. The summed E-state index contributed by atoms with van der Waals surface area (Å²) in [6, 6.07) is 5.16. The number of hydrogen-bond acceptors (Lipinski definition) is 6. The van der Waals surface area contributed by atoms with Gasteiger partial charge in [-0.15, -0.1) is 0 Å². The number of carbonyl (C=O) groups excluding carboxylic acids is 1. The van der Waals surface area contributed by atoms with Gasteiger partial charge in [0.15, 0.2) is 6.61 Å². The number of hydrogen-bond donors (Lipinski definition) is 2. The number of rotatable bonds is 5. The van der Waals surface area contributed by atoms with Crippen LogP contribution in [-0.4, -0.2) is 33.3 Å². The molecule has 0 unspecified atom stereocenters. The molecule has 1 aromatic carbocycles. The van der Waals surface area contributed by atoms with E-state index in [9.17, 15) is 13.2 Å². The molecule has 0 atom stereocenters. The SMILES string of the molecule is COC(=O)COc1ccc(S(=O)(=O)NO)cc1. The summed E-state index contributed by atoms with van der Waals surface area (Å²) in [5, 5.41) is 8.39. The van der Waals surface area contributed by atoms with Crippen LogP contribution in [0.4, 0.5) is 0 Å². The Hall–Kier alpha value is -1.64. The molecule has 8 heteroatoms. The van der Waals surface area contributed by atoms with Crippen LogP contribution >= 0.6 is 0 Å². The number of ether oxygens (including phenoxy) is 2. The zero-order valence-corrected chi connectivity index (χ0v) is 9.73. The van der Waals surface area contributed by atoms with Gasteiger partial charge in [0.2, 0.25) is 0 Å². The van der Waals surface area contributed by atoms with Crippen LogP contribution in [0.15, 0.2) is 29.2 Å². The van der Waals surface area contributed by atoms with E-state index in [0.29, 0.717) is 5.75 Å². The largest absolute Gasteiger partial charge is 0.482 e. The van der Waals surface area contributed by atoms with Crippen molar-refractivity contribution in [2.45, 2.75) is 4.90 Å². The van der Waals surface area contributed by atoms with E-state index < -0.39 is 16.0 Å². The van der Waals surface area contributed by atoms with E-state index in [0.717, 1.165) is 0 Å². The molecule has 0 heterocycles. The average Bonchev–Trinajstić information content (AvgIpc) is 2.36. The van der Waals surface area contributed by atoms with E-state index in [1.807, 2.05) is 0 Å². The lowest BCUT2D eigenvalue weighted by Gasteiger charge is -2.05. The average molecular weight is 261 g/mol. The van der Waals surface area contributed by atoms with Crippen LogP contribution in [0.3, 0.4) is 0 Å². The summed E-state index contributed by atoms with van der Waals surface area (Å²) in [5.41, 5.74) is 0. The van der Waals surface area contributed by atoms with E-state index in [4.69, 9.17) is 9.94 Å². The van der Waals surface area contributed by atoms with Gasteiger partial charge < -0.3 is 14.7 Å². The molecule has 0 spiro atoms. The first-order valence-corrected chi connectivity index (χ1v) is 5.93. The summed E-state index contributed by atoms with van der Waals surface area (Å²) in [5.74, 6) is -0.231. The number of methoxy groups -OCH3 is 1. The van der Waals surface area contributed by atoms with Gasteiger partial charge in [-0.25, -0.2) is 13.2 Å². The maximum atomic E-state index is 11.1. The molecule has 0 saturated heterocycles. The van der Waals surface area contributed by atoms with Crippen molar-refractivity contribution in [2.24, 2.45) is 0 Å². The standard InChI is InChI=1S/C9H11NO6S/c1-15-9(11)6-16-7-2-4-8(5-3-7)17(13,14)10-12/h2-5,10,12H,6H2,1H3. The van der Waals surface area contributed by atoms with Crippen LogP contribution in [0.5, 0.6) is 5.75 Å². The molecule has 0 aromatic heterocycles. The maximum absolute atomic E-state index is 11.1. The molecule has 94 valence electrons. The van der Waals surface area contributed by atoms with E-state index in [1.54, 1.807) is 0 Å². The van der Waals surface area contributed by atoms with Crippen molar-refractivity contribution in [1.29, 1.82) is 0 Å². The summed E-state index contributed by atoms with van der Waals surface area (Å²) in [7, 11) is -2.66. The first kappa shape index (κ1) is 13.4. The van der Waals surface area contributed by atoms with Crippen LogP contribution in [-0.2, 0) is 19.6 Å². The number of nitrogens with one attached hydrogen (secondary N) is 1. The number of carbonyl (C=O) groups is 1. The predicted octanol–water partition coefficient (Wildman–Crippen LogP) is -0.0941. The Morgan fingerprint density at radius 1 is 1.35 bits per heavy atom. The van der Waals surface area contributed by atoms with Gasteiger partial charge >= 0.3 is 5.97 Å². The fourth-order valence-corrected chi connectivity index (χ4v) is 1.57. The highest BCUT2D eigenvalue weighted by atomic mass is 32.2. The summed E-state index contributed by atoms with van der Waals surface area (Å²) < 4.78 is 31.7. The third kappa shape index (κ3) is 3.70. The molecule has 1 aromatic rings. The first-order valence-electron chi connectivity index (χ1n) is 4.45. The van der Waals surface area contributed by atoms with Gasteiger partial charge in [-0.05, 0) is 24.3 Å². The first-order chi connectivity index (χ1) is 7.99. The second kappa shape index (κ2) is 5.62. The Bertz CT molecular complexity index is 481. The zero-order chi connectivity index (χ0) is 12.9. The van der Waals surface area contributed by atoms with Crippen molar-refractivity contribution in [3.8, 4) is 5.75 Å². The third-order valence-electron chi connectivity index (χ3n) is 1.84. The number of benzene rings is 1. The molecule has 1 rings (SSSR count). The lowest BCUT2D eigenvalue weighted by molar-refractivity contribution is -0.142. The molecule has 0 aliphatic heterocycles. The van der Waals surface area contributed by atoms with E-state index in [1.165, 1.54) is 36.3 Å². The van der Waals surface area contributed by atoms with Crippen molar-refractivity contribution >= 4 is 16.0 Å². The predicted molar refractivity (Wildman–Crippen MR) is 56.1 cm³/mol. The Morgan fingerprint density at radius 2 is 1.94 bits per heavy atom. The minimum Gasteiger partial charge on any atom is -0.482 e. The van der Waals surface area contributed by atoms with Gasteiger partial charge in [-0.3, -0.25) is 0 Å². The molecular formula is C9H11NO6S.